The zero-order chi connectivity index (χ0) is 22.2. The van der Waals surface area contributed by atoms with Gasteiger partial charge in [0, 0.05) is 44.0 Å². The van der Waals surface area contributed by atoms with Gasteiger partial charge in [-0.1, -0.05) is 60.7 Å². The summed E-state index contributed by atoms with van der Waals surface area (Å²) >= 11 is 1.63. The molecule has 1 saturated heterocycles. The first-order chi connectivity index (χ1) is 15.7. The number of nitrogens with zero attached hydrogens (tertiary/aromatic N) is 3. The molecule has 32 heavy (non-hydrogen) atoms. The maximum atomic E-state index is 13.4. The van der Waals surface area contributed by atoms with E-state index in [-0.39, 0.29) is 11.9 Å². The van der Waals surface area contributed by atoms with E-state index in [9.17, 15) is 4.79 Å². The highest BCUT2D eigenvalue weighted by Crippen LogP contribution is 2.18. The monoisotopic (exact) mass is 449 g/mol. The molecule has 1 amide bonds. The van der Waals surface area contributed by atoms with Gasteiger partial charge in [0.25, 0.3) is 0 Å². The van der Waals surface area contributed by atoms with Crippen LogP contribution in [0.3, 0.4) is 0 Å². The van der Waals surface area contributed by atoms with Gasteiger partial charge in [0.2, 0.25) is 5.91 Å². The molecule has 2 heterocycles. The van der Waals surface area contributed by atoms with Crippen LogP contribution in [0.5, 0.6) is 0 Å². The van der Waals surface area contributed by atoms with Crippen LogP contribution in [0.1, 0.15) is 28.8 Å². The number of thiazole rings is 1. The summed E-state index contributed by atoms with van der Waals surface area (Å²) in [5.41, 5.74) is 3.25. The number of rotatable bonds is 9. The standard InChI is InChI=1S/C26H31N3O2S/c1-21(18-28-12-14-31-15-13-28)29(19-23-10-6-3-7-11-23)26(30)17-24-20-32-25(27-24)16-22-8-4-2-5-9-22/h2-11,20-21H,12-19H2,1H3. The van der Waals surface area contributed by atoms with Crippen LogP contribution in [-0.2, 0) is 28.9 Å². The molecule has 1 aromatic heterocycles. The van der Waals surface area contributed by atoms with E-state index in [1.165, 1.54) is 5.56 Å². The second kappa shape index (κ2) is 11.4. The van der Waals surface area contributed by atoms with Gasteiger partial charge in [0.15, 0.2) is 0 Å². The van der Waals surface area contributed by atoms with Gasteiger partial charge >= 0.3 is 0 Å². The van der Waals surface area contributed by atoms with Crippen LogP contribution in [0.25, 0.3) is 0 Å². The Kier molecular flexibility index (Phi) is 8.04. The first-order valence-electron chi connectivity index (χ1n) is 11.3. The highest BCUT2D eigenvalue weighted by molar-refractivity contribution is 7.09. The average molecular weight is 450 g/mol. The minimum absolute atomic E-state index is 0.114. The molecule has 1 fully saturated rings. The smallest absolute Gasteiger partial charge is 0.229 e. The van der Waals surface area contributed by atoms with Crippen molar-refractivity contribution in [3.05, 3.63) is 87.9 Å². The van der Waals surface area contributed by atoms with E-state index in [0.717, 1.165) is 55.5 Å². The Hall–Kier alpha value is -2.54. The lowest BCUT2D eigenvalue weighted by molar-refractivity contribution is -0.133. The van der Waals surface area contributed by atoms with Crippen molar-refractivity contribution in [1.82, 2.24) is 14.8 Å². The van der Waals surface area contributed by atoms with Crippen LogP contribution >= 0.6 is 11.3 Å². The molecule has 6 heteroatoms. The Morgan fingerprint density at radius 1 is 1.06 bits per heavy atom. The number of carbonyl (C=O) groups is 1. The normalized spacial score (nSPS) is 15.4. The summed E-state index contributed by atoms with van der Waals surface area (Å²) in [6, 6.07) is 20.7. The van der Waals surface area contributed by atoms with Gasteiger partial charge in [-0.3, -0.25) is 9.69 Å². The number of aromatic nitrogens is 1. The molecular weight excluding hydrogens is 418 g/mol. The molecule has 1 aliphatic rings. The van der Waals surface area contributed by atoms with Gasteiger partial charge in [-0.25, -0.2) is 4.98 Å². The van der Waals surface area contributed by atoms with Gasteiger partial charge in [0.1, 0.15) is 0 Å². The molecule has 5 nitrogen and oxygen atoms in total. The molecule has 0 spiro atoms. The van der Waals surface area contributed by atoms with E-state index in [2.05, 4.69) is 36.1 Å². The number of benzene rings is 2. The summed E-state index contributed by atoms with van der Waals surface area (Å²) in [5, 5.41) is 3.08. The fourth-order valence-electron chi connectivity index (χ4n) is 4.06. The second-order valence-corrected chi connectivity index (χ2v) is 9.28. The molecule has 0 aliphatic carbocycles. The number of hydrogen-bond donors (Lipinski definition) is 0. The predicted molar refractivity (Wildman–Crippen MR) is 129 cm³/mol. The number of amides is 1. The maximum Gasteiger partial charge on any atom is 0.229 e. The van der Waals surface area contributed by atoms with Crippen molar-refractivity contribution in [3.63, 3.8) is 0 Å². The van der Waals surface area contributed by atoms with Crippen LogP contribution in [0.4, 0.5) is 0 Å². The lowest BCUT2D eigenvalue weighted by Crippen LogP contribution is -2.48. The minimum atomic E-state index is 0.114. The Bertz CT molecular complexity index is 971. The molecule has 0 saturated carbocycles. The summed E-state index contributed by atoms with van der Waals surface area (Å²) in [7, 11) is 0. The quantitative estimate of drug-likeness (QED) is 0.495. The fraction of sp³-hybridized carbons (Fsp3) is 0.385. The van der Waals surface area contributed by atoms with Gasteiger partial charge < -0.3 is 9.64 Å². The number of carbonyl (C=O) groups excluding carboxylic acids is 1. The van der Waals surface area contributed by atoms with E-state index in [1.54, 1.807) is 11.3 Å². The van der Waals surface area contributed by atoms with Gasteiger partial charge in [-0.05, 0) is 18.1 Å². The molecule has 168 valence electrons. The van der Waals surface area contributed by atoms with Crippen molar-refractivity contribution in [2.75, 3.05) is 32.8 Å². The fourth-order valence-corrected chi connectivity index (χ4v) is 4.89. The van der Waals surface area contributed by atoms with Crippen LogP contribution < -0.4 is 0 Å². The first-order valence-corrected chi connectivity index (χ1v) is 12.2. The SMILES string of the molecule is CC(CN1CCOCC1)N(Cc1ccccc1)C(=O)Cc1csc(Cc2ccccc2)n1. The molecule has 3 aromatic rings. The Morgan fingerprint density at radius 2 is 1.72 bits per heavy atom. The van der Waals surface area contributed by atoms with Crippen LogP contribution in [0.2, 0.25) is 0 Å². The van der Waals surface area contributed by atoms with Crippen LogP contribution in [0, 0.1) is 0 Å². The second-order valence-electron chi connectivity index (χ2n) is 8.34. The van der Waals surface area contributed by atoms with Crippen LogP contribution in [-0.4, -0.2) is 59.6 Å². The van der Waals surface area contributed by atoms with Crippen molar-refractivity contribution in [1.29, 1.82) is 0 Å². The molecule has 2 aromatic carbocycles. The van der Waals surface area contributed by atoms with Crippen molar-refractivity contribution in [2.45, 2.75) is 32.4 Å². The largest absolute Gasteiger partial charge is 0.379 e. The summed E-state index contributed by atoms with van der Waals surface area (Å²) in [6.07, 6.45) is 1.15. The third-order valence-electron chi connectivity index (χ3n) is 5.80. The lowest BCUT2D eigenvalue weighted by atomic mass is 10.1. The van der Waals surface area contributed by atoms with Gasteiger partial charge in [-0.15, -0.1) is 11.3 Å². The van der Waals surface area contributed by atoms with E-state index in [4.69, 9.17) is 9.72 Å². The summed E-state index contributed by atoms with van der Waals surface area (Å²) < 4.78 is 5.48. The van der Waals surface area contributed by atoms with E-state index in [0.29, 0.717) is 13.0 Å². The van der Waals surface area contributed by atoms with Crippen molar-refractivity contribution in [3.8, 4) is 0 Å². The topological polar surface area (TPSA) is 45.7 Å². The lowest BCUT2D eigenvalue weighted by Gasteiger charge is -2.35. The highest BCUT2D eigenvalue weighted by atomic mass is 32.1. The third-order valence-corrected chi connectivity index (χ3v) is 6.70. The summed E-state index contributed by atoms with van der Waals surface area (Å²) in [4.78, 5) is 22.6. The number of ether oxygens (including phenoxy) is 1. The molecule has 1 aliphatic heterocycles. The predicted octanol–water partition coefficient (Wildman–Crippen LogP) is 4.03. The van der Waals surface area contributed by atoms with E-state index < -0.39 is 0 Å². The third kappa shape index (κ3) is 6.48. The molecule has 0 N–H and O–H groups in total. The zero-order valence-corrected chi connectivity index (χ0v) is 19.5. The van der Waals surface area contributed by atoms with Crippen molar-refractivity contribution >= 4 is 17.2 Å². The van der Waals surface area contributed by atoms with Gasteiger partial charge in [0.05, 0.1) is 30.3 Å². The Morgan fingerprint density at radius 3 is 2.41 bits per heavy atom. The summed E-state index contributed by atoms with van der Waals surface area (Å²) in [5.74, 6) is 0.131. The number of morpholine rings is 1. The minimum Gasteiger partial charge on any atom is -0.379 e. The maximum absolute atomic E-state index is 13.4. The average Bonchev–Trinajstić information content (AvgIpc) is 3.26. The molecule has 1 unspecified atom stereocenters. The van der Waals surface area contributed by atoms with E-state index >= 15 is 0 Å². The molecule has 4 rings (SSSR count). The molecule has 0 bridgehead atoms. The van der Waals surface area contributed by atoms with Crippen molar-refractivity contribution < 1.29 is 9.53 Å². The highest BCUT2D eigenvalue weighted by Gasteiger charge is 2.24. The van der Waals surface area contributed by atoms with Crippen molar-refractivity contribution in [2.24, 2.45) is 0 Å². The Labute approximate surface area is 194 Å². The first kappa shape index (κ1) is 22.6. The summed E-state index contributed by atoms with van der Waals surface area (Å²) in [6.45, 7) is 7.01. The molecule has 0 radical (unpaired) electrons. The van der Waals surface area contributed by atoms with Crippen LogP contribution in [0.15, 0.2) is 66.0 Å². The zero-order valence-electron chi connectivity index (χ0n) is 18.7. The molecular formula is C26H31N3O2S. The Balaban J connectivity index is 1.43. The van der Waals surface area contributed by atoms with Gasteiger partial charge in [-0.2, -0.15) is 0 Å². The van der Waals surface area contributed by atoms with E-state index in [1.807, 2.05) is 46.7 Å². The molecule has 1 atom stereocenters. The number of hydrogen-bond acceptors (Lipinski definition) is 5.